The number of carbonyl (C=O) groups is 2. The van der Waals surface area contributed by atoms with Gasteiger partial charge < -0.3 is 15.6 Å². The van der Waals surface area contributed by atoms with Gasteiger partial charge in [-0.25, -0.2) is 0 Å². The third-order valence-electron chi connectivity index (χ3n) is 3.81. The first-order valence-electron chi connectivity index (χ1n) is 7.69. The summed E-state index contributed by atoms with van der Waals surface area (Å²) < 4.78 is 5.41. The first-order chi connectivity index (χ1) is 10.7. The summed E-state index contributed by atoms with van der Waals surface area (Å²) >= 11 is 1.40. The van der Waals surface area contributed by atoms with Gasteiger partial charge in [0.2, 0.25) is 0 Å². The molecule has 1 aliphatic heterocycles. The van der Waals surface area contributed by atoms with Crippen LogP contribution in [0.2, 0.25) is 0 Å². The smallest absolute Gasteiger partial charge is 0.326 e. The molecule has 0 amide bonds. The monoisotopic (exact) mass is 340 g/mol. The average Bonchev–Trinajstić information content (AvgIpc) is 2.92. The fourth-order valence-electron chi connectivity index (χ4n) is 2.81. The van der Waals surface area contributed by atoms with Crippen LogP contribution in [0.1, 0.15) is 44.5 Å². The van der Waals surface area contributed by atoms with Crippen LogP contribution in [-0.4, -0.2) is 40.3 Å². The van der Waals surface area contributed by atoms with Gasteiger partial charge in [0.05, 0.1) is 12.1 Å². The number of thiophene rings is 1. The van der Waals surface area contributed by atoms with Crippen LogP contribution in [0.25, 0.3) is 0 Å². The van der Waals surface area contributed by atoms with E-state index in [1.165, 1.54) is 11.3 Å². The molecule has 3 atom stereocenters. The number of piperidine rings is 1. The number of carbonyl (C=O) groups excluding carboxylic acids is 1. The van der Waals surface area contributed by atoms with Crippen molar-refractivity contribution in [3.05, 3.63) is 22.4 Å². The topological polar surface area (TPSA) is 92.9 Å². The Balaban J connectivity index is 2.06. The van der Waals surface area contributed by atoms with Crippen molar-refractivity contribution < 1.29 is 19.4 Å². The molecule has 2 heterocycles. The second kappa shape index (κ2) is 6.98. The van der Waals surface area contributed by atoms with Gasteiger partial charge in [0.15, 0.2) is 0 Å². The van der Waals surface area contributed by atoms with Crippen molar-refractivity contribution in [3.8, 4) is 0 Å². The zero-order chi connectivity index (χ0) is 17.2. The highest BCUT2D eigenvalue weighted by Crippen LogP contribution is 2.32. The molecule has 3 N–H and O–H groups in total. The van der Waals surface area contributed by atoms with Crippen LogP contribution in [0.15, 0.2) is 17.5 Å². The summed E-state index contributed by atoms with van der Waals surface area (Å²) in [6.45, 7) is 5.95. The van der Waals surface area contributed by atoms with Crippen LogP contribution < -0.4 is 5.73 Å². The van der Waals surface area contributed by atoms with E-state index in [2.05, 4.69) is 0 Å². The van der Waals surface area contributed by atoms with Gasteiger partial charge in [0, 0.05) is 11.4 Å². The van der Waals surface area contributed by atoms with Crippen LogP contribution in [0.5, 0.6) is 0 Å². The second-order valence-electron chi connectivity index (χ2n) is 6.82. The van der Waals surface area contributed by atoms with Gasteiger partial charge in [-0.15, -0.1) is 11.3 Å². The number of carboxylic acids is 1. The van der Waals surface area contributed by atoms with Crippen molar-refractivity contribution in [2.75, 3.05) is 6.54 Å². The number of hydrogen-bond acceptors (Lipinski definition) is 6. The molecule has 0 radical (unpaired) electrons. The summed E-state index contributed by atoms with van der Waals surface area (Å²) in [5, 5.41) is 11.4. The number of likely N-dealkylation sites (tertiary alicyclic amines) is 1. The minimum absolute atomic E-state index is 0.254. The molecule has 1 saturated heterocycles. The molecule has 0 spiro atoms. The van der Waals surface area contributed by atoms with E-state index < -0.39 is 23.8 Å². The number of aliphatic carboxylic acids is 1. The molecule has 0 unspecified atom stereocenters. The lowest BCUT2D eigenvalue weighted by molar-refractivity contribution is -0.163. The summed E-state index contributed by atoms with van der Waals surface area (Å²) in [5.74, 6) is -1.45. The van der Waals surface area contributed by atoms with E-state index in [1.54, 1.807) is 11.0 Å². The minimum atomic E-state index is -0.918. The first-order valence-corrected chi connectivity index (χ1v) is 8.57. The van der Waals surface area contributed by atoms with E-state index in [1.807, 2.05) is 32.2 Å². The lowest BCUT2D eigenvalue weighted by Gasteiger charge is -2.39. The maximum atomic E-state index is 12.2. The highest BCUT2D eigenvalue weighted by molar-refractivity contribution is 7.10. The van der Waals surface area contributed by atoms with Crippen molar-refractivity contribution in [1.29, 1.82) is 0 Å². The fourth-order valence-corrected chi connectivity index (χ4v) is 3.65. The molecule has 1 aromatic heterocycles. The Morgan fingerprint density at radius 3 is 2.65 bits per heavy atom. The third-order valence-corrected chi connectivity index (χ3v) is 4.73. The van der Waals surface area contributed by atoms with Crippen molar-refractivity contribution in [3.63, 3.8) is 0 Å². The molecule has 1 aliphatic rings. The molecule has 7 heteroatoms. The van der Waals surface area contributed by atoms with Gasteiger partial charge in [-0.1, -0.05) is 6.07 Å². The Bertz CT molecular complexity index is 553. The second-order valence-corrected chi connectivity index (χ2v) is 7.80. The highest BCUT2D eigenvalue weighted by atomic mass is 32.1. The lowest BCUT2D eigenvalue weighted by atomic mass is 9.93. The predicted octanol–water partition coefficient (Wildman–Crippen LogP) is 2.21. The molecule has 0 saturated carbocycles. The molecule has 0 bridgehead atoms. The van der Waals surface area contributed by atoms with Gasteiger partial charge in [0.25, 0.3) is 0 Å². The van der Waals surface area contributed by atoms with Crippen LogP contribution in [0.4, 0.5) is 0 Å². The Hall–Kier alpha value is -1.44. The normalized spacial score (nSPS) is 24.2. The molecule has 6 nitrogen and oxygen atoms in total. The molecule has 1 aromatic rings. The predicted molar refractivity (Wildman–Crippen MR) is 87.9 cm³/mol. The number of rotatable bonds is 4. The van der Waals surface area contributed by atoms with Crippen molar-refractivity contribution in [2.24, 2.45) is 11.7 Å². The summed E-state index contributed by atoms with van der Waals surface area (Å²) in [5.41, 5.74) is 5.65. The Kier molecular flexibility index (Phi) is 5.44. The Labute approximate surface area is 140 Å². The average molecular weight is 340 g/mol. The number of nitrogens with zero attached hydrogens (tertiary/aromatic N) is 1. The van der Waals surface area contributed by atoms with E-state index in [0.29, 0.717) is 19.4 Å². The molecule has 128 valence electrons. The minimum Gasteiger partial charge on any atom is -0.480 e. The summed E-state index contributed by atoms with van der Waals surface area (Å²) in [6.07, 6.45) is 0.478. The first kappa shape index (κ1) is 17.9. The fraction of sp³-hybridized carbons (Fsp3) is 0.625. The molecule has 0 aliphatic carbocycles. The SMILES string of the molecule is CC(C)(C)OC(=O)[C@@H]1CCN([C@@H](C(=O)O)c2cccs2)[C@@H](N)C1. The van der Waals surface area contributed by atoms with Crippen LogP contribution in [-0.2, 0) is 14.3 Å². The zero-order valence-electron chi connectivity index (χ0n) is 13.7. The van der Waals surface area contributed by atoms with Crippen molar-refractivity contribution >= 4 is 23.3 Å². The largest absolute Gasteiger partial charge is 0.480 e. The lowest BCUT2D eigenvalue weighted by Crippen LogP contribution is -2.52. The van der Waals surface area contributed by atoms with Crippen LogP contribution in [0.3, 0.4) is 0 Å². The molecule has 0 aromatic carbocycles. The Morgan fingerprint density at radius 2 is 2.17 bits per heavy atom. The number of nitrogens with two attached hydrogens (primary N) is 1. The van der Waals surface area contributed by atoms with E-state index >= 15 is 0 Å². The van der Waals surface area contributed by atoms with Gasteiger partial charge in [0.1, 0.15) is 11.6 Å². The van der Waals surface area contributed by atoms with E-state index in [9.17, 15) is 14.7 Å². The number of carboxylic acid groups (broad SMARTS) is 1. The molecular weight excluding hydrogens is 316 g/mol. The third kappa shape index (κ3) is 4.53. The standard InChI is InChI=1S/C16H24N2O4S/c1-16(2,3)22-15(21)10-6-7-18(12(17)9-10)13(14(19)20)11-5-4-8-23-11/h4-5,8,10,12-13H,6-7,9,17H2,1-3H3,(H,19,20)/t10-,12-,13-/m1/s1. The zero-order valence-corrected chi connectivity index (χ0v) is 14.5. The van der Waals surface area contributed by atoms with Crippen LogP contribution >= 0.6 is 11.3 Å². The van der Waals surface area contributed by atoms with E-state index in [4.69, 9.17) is 10.5 Å². The van der Waals surface area contributed by atoms with Gasteiger partial charge in [-0.05, 0) is 45.1 Å². The van der Waals surface area contributed by atoms with Gasteiger partial charge in [-0.2, -0.15) is 0 Å². The number of ether oxygens (including phenoxy) is 1. The molecule has 1 fully saturated rings. The van der Waals surface area contributed by atoms with Gasteiger partial charge >= 0.3 is 11.9 Å². The Morgan fingerprint density at radius 1 is 1.48 bits per heavy atom. The highest BCUT2D eigenvalue weighted by Gasteiger charge is 2.39. The molecule has 2 rings (SSSR count). The summed E-state index contributed by atoms with van der Waals surface area (Å²) in [4.78, 5) is 26.4. The maximum Gasteiger partial charge on any atom is 0.326 e. The maximum absolute atomic E-state index is 12.2. The van der Waals surface area contributed by atoms with E-state index in [0.717, 1.165) is 4.88 Å². The van der Waals surface area contributed by atoms with Crippen molar-refractivity contribution in [1.82, 2.24) is 4.90 Å². The summed E-state index contributed by atoms with van der Waals surface area (Å²) in [7, 11) is 0. The van der Waals surface area contributed by atoms with Crippen LogP contribution in [0, 0.1) is 5.92 Å². The van der Waals surface area contributed by atoms with Gasteiger partial charge in [-0.3, -0.25) is 14.5 Å². The number of hydrogen-bond donors (Lipinski definition) is 2. The van der Waals surface area contributed by atoms with Crippen molar-refractivity contribution in [2.45, 2.75) is 51.4 Å². The number of esters is 1. The van der Waals surface area contributed by atoms with E-state index in [-0.39, 0.29) is 11.9 Å². The molecular formula is C16H24N2O4S. The quantitative estimate of drug-likeness (QED) is 0.816. The summed E-state index contributed by atoms with van der Waals surface area (Å²) in [6, 6.07) is 2.87. The molecule has 23 heavy (non-hydrogen) atoms.